The van der Waals surface area contributed by atoms with Gasteiger partial charge < -0.3 is 10.2 Å². The number of hydrogen-bond acceptors (Lipinski definition) is 3. The van der Waals surface area contributed by atoms with Crippen LogP contribution in [0.1, 0.15) is 25.3 Å². The lowest BCUT2D eigenvalue weighted by Gasteiger charge is -2.38. The smallest absolute Gasteiger partial charge is 0.126 e. The highest BCUT2D eigenvalue weighted by atomic mass is 15.1. The summed E-state index contributed by atoms with van der Waals surface area (Å²) >= 11 is 0. The van der Waals surface area contributed by atoms with Crippen molar-refractivity contribution in [2.75, 3.05) is 32.0 Å². The van der Waals surface area contributed by atoms with Crippen LogP contribution < -0.4 is 5.32 Å². The predicted octanol–water partition coefficient (Wildman–Crippen LogP) is 2.53. The van der Waals surface area contributed by atoms with Crippen LogP contribution >= 0.6 is 0 Å². The minimum absolute atomic E-state index is 0.415. The first-order chi connectivity index (χ1) is 8.07. The lowest BCUT2D eigenvalue weighted by molar-refractivity contribution is 0.150. The van der Waals surface area contributed by atoms with Crippen molar-refractivity contribution in [3.05, 3.63) is 23.9 Å². The van der Waals surface area contributed by atoms with Gasteiger partial charge in [0.15, 0.2) is 0 Å². The SMILES string of the molecule is Cc1ccnc(NCC2(C)CCN(C)CC2)c1. The Bertz CT molecular complexity index is 367. The molecule has 0 bridgehead atoms. The van der Waals surface area contributed by atoms with Crippen LogP contribution in [-0.4, -0.2) is 36.6 Å². The van der Waals surface area contributed by atoms with Crippen molar-refractivity contribution in [1.82, 2.24) is 9.88 Å². The Labute approximate surface area is 104 Å². The van der Waals surface area contributed by atoms with E-state index in [2.05, 4.69) is 42.2 Å². The fraction of sp³-hybridized carbons (Fsp3) is 0.643. The molecule has 3 nitrogen and oxygen atoms in total. The van der Waals surface area contributed by atoms with Gasteiger partial charge in [0, 0.05) is 12.7 Å². The van der Waals surface area contributed by atoms with Crippen LogP contribution in [0.2, 0.25) is 0 Å². The molecule has 0 atom stereocenters. The molecule has 1 N–H and O–H groups in total. The molecule has 3 heteroatoms. The normalized spacial score (nSPS) is 20.2. The van der Waals surface area contributed by atoms with E-state index in [0.717, 1.165) is 12.4 Å². The molecule has 0 spiro atoms. The van der Waals surface area contributed by atoms with Crippen molar-refractivity contribution in [3.63, 3.8) is 0 Å². The third-order valence-corrected chi connectivity index (χ3v) is 3.81. The van der Waals surface area contributed by atoms with Crippen molar-refractivity contribution in [1.29, 1.82) is 0 Å². The topological polar surface area (TPSA) is 28.2 Å². The molecule has 1 saturated heterocycles. The summed E-state index contributed by atoms with van der Waals surface area (Å²) in [7, 11) is 2.20. The van der Waals surface area contributed by atoms with Gasteiger partial charge in [0.2, 0.25) is 0 Å². The van der Waals surface area contributed by atoms with Crippen molar-refractivity contribution in [2.45, 2.75) is 26.7 Å². The molecule has 1 aromatic rings. The third kappa shape index (κ3) is 3.43. The maximum Gasteiger partial charge on any atom is 0.126 e. The molecule has 1 aromatic heterocycles. The summed E-state index contributed by atoms with van der Waals surface area (Å²) in [6.45, 7) is 7.92. The first-order valence-electron chi connectivity index (χ1n) is 6.43. The first-order valence-corrected chi connectivity index (χ1v) is 6.43. The van der Waals surface area contributed by atoms with E-state index >= 15 is 0 Å². The molecule has 1 fully saturated rings. The molecule has 0 saturated carbocycles. The highest BCUT2D eigenvalue weighted by Crippen LogP contribution is 2.30. The minimum atomic E-state index is 0.415. The molecule has 94 valence electrons. The number of hydrogen-bond donors (Lipinski definition) is 1. The van der Waals surface area contributed by atoms with Gasteiger partial charge in [-0.15, -0.1) is 0 Å². The van der Waals surface area contributed by atoms with E-state index in [1.54, 1.807) is 0 Å². The Morgan fingerprint density at radius 2 is 2.12 bits per heavy atom. The number of likely N-dealkylation sites (tertiary alicyclic amines) is 1. The molecule has 2 rings (SSSR count). The Morgan fingerprint density at radius 1 is 1.41 bits per heavy atom. The van der Waals surface area contributed by atoms with Crippen LogP contribution in [0, 0.1) is 12.3 Å². The van der Waals surface area contributed by atoms with E-state index in [-0.39, 0.29) is 0 Å². The maximum absolute atomic E-state index is 4.35. The summed E-state index contributed by atoms with van der Waals surface area (Å²) in [6.07, 6.45) is 4.40. The number of anilines is 1. The zero-order chi connectivity index (χ0) is 12.3. The number of pyridine rings is 1. The number of aromatic nitrogens is 1. The molecule has 2 heterocycles. The number of piperidine rings is 1. The third-order valence-electron chi connectivity index (χ3n) is 3.81. The second-order valence-corrected chi connectivity index (χ2v) is 5.69. The molecule has 1 aliphatic rings. The summed E-state index contributed by atoms with van der Waals surface area (Å²) in [5, 5.41) is 3.48. The number of nitrogens with zero attached hydrogens (tertiary/aromatic N) is 2. The quantitative estimate of drug-likeness (QED) is 0.869. The van der Waals surface area contributed by atoms with E-state index in [1.807, 2.05) is 12.3 Å². The Hall–Kier alpha value is -1.09. The highest BCUT2D eigenvalue weighted by molar-refractivity contribution is 5.37. The van der Waals surface area contributed by atoms with Crippen LogP contribution in [0.3, 0.4) is 0 Å². The van der Waals surface area contributed by atoms with Gasteiger partial charge in [-0.05, 0) is 63.0 Å². The Balaban J connectivity index is 1.89. The average Bonchev–Trinajstić information content (AvgIpc) is 2.31. The fourth-order valence-electron chi connectivity index (χ4n) is 2.27. The lowest BCUT2D eigenvalue weighted by Crippen LogP contribution is -2.40. The van der Waals surface area contributed by atoms with Gasteiger partial charge >= 0.3 is 0 Å². The molecule has 1 aliphatic heterocycles. The van der Waals surface area contributed by atoms with E-state index < -0.39 is 0 Å². The lowest BCUT2D eigenvalue weighted by atomic mass is 9.80. The summed E-state index contributed by atoms with van der Waals surface area (Å²) in [5.74, 6) is 1.00. The van der Waals surface area contributed by atoms with Gasteiger partial charge in [0.05, 0.1) is 0 Å². The van der Waals surface area contributed by atoms with Gasteiger partial charge in [-0.2, -0.15) is 0 Å². The van der Waals surface area contributed by atoms with Crippen LogP contribution in [0.4, 0.5) is 5.82 Å². The molecular formula is C14H23N3. The van der Waals surface area contributed by atoms with E-state index in [0.29, 0.717) is 5.41 Å². The highest BCUT2D eigenvalue weighted by Gasteiger charge is 2.28. The molecule has 0 radical (unpaired) electrons. The fourth-order valence-corrected chi connectivity index (χ4v) is 2.27. The van der Waals surface area contributed by atoms with Crippen molar-refractivity contribution in [3.8, 4) is 0 Å². The molecule has 0 amide bonds. The second-order valence-electron chi connectivity index (χ2n) is 5.69. The van der Waals surface area contributed by atoms with Gasteiger partial charge in [-0.3, -0.25) is 0 Å². The molecule has 0 unspecified atom stereocenters. The molecule has 17 heavy (non-hydrogen) atoms. The standard InChI is InChI=1S/C14H23N3/c1-12-4-7-15-13(10-12)16-11-14(2)5-8-17(3)9-6-14/h4,7,10H,5-6,8-9,11H2,1-3H3,(H,15,16). The number of nitrogens with one attached hydrogen (secondary N) is 1. The Morgan fingerprint density at radius 3 is 2.76 bits per heavy atom. The first kappa shape index (κ1) is 12.4. The molecule has 0 aromatic carbocycles. The summed E-state index contributed by atoms with van der Waals surface area (Å²) in [5.41, 5.74) is 1.67. The average molecular weight is 233 g/mol. The van der Waals surface area contributed by atoms with Crippen LogP contribution in [-0.2, 0) is 0 Å². The van der Waals surface area contributed by atoms with Gasteiger partial charge in [0.1, 0.15) is 5.82 Å². The van der Waals surface area contributed by atoms with Crippen LogP contribution in [0.15, 0.2) is 18.3 Å². The zero-order valence-corrected chi connectivity index (χ0v) is 11.2. The number of rotatable bonds is 3. The van der Waals surface area contributed by atoms with Crippen LogP contribution in [0.5, 0.6) is 0 Å². The predicted molar refractivity (Wildman–Crippen MR) is 72.3 cm³/mol. The molecular weight excluding hydrogens is 210 g/mol. The summed E-state index contributed by atoms with van der Waals surface area (Å²) < 4.78 is 0. The zero-order valence-electron chi connectivity index (χ0n) is 11.2. The largest absolute Gasteiger partial charge is 0.370 e. The van der Waals surface area contributed by atoms with Crippen LogP contribution in [0.25, 0.3) is 0 Å². The second kappa shape index (κ2) is 5.05. The minimum Gasteiger partial charge on any atom is -0.370 e. The van der Waals surface area contributed by atoms with E-state index in [9.17, 15) is 0 Å². The number of aryl methyl sites for hydroxylation is 1. The summed E-state index contributed by atoms with van der Waals surface area (Å²) in [4.78, 5) is 6.76. The maximum atomic E-state index is 4.35. The molecule has 0 aliphatic carbocycles. The van der Waals surface area contributed by atoms with Gasteiger partial charge in [-0.25, -0.2) is 4.98 Å². The van der Waals surface area contributed by atoms with Crippen molar-refractivity contribution in [2.24, 2.45) is 5.41 Å². The van der Waals surface area contributed by atoms with Gasteiger partial charge in [0.25, 0.3) is 0 Å². The van der Waals surface area contributed by atoms with E-state index in [4.69, 9.17) is 0 Å². The Kier molecular flexibility index (Phi) is 3.67. The van der Waals surface area contributed by atoms with Crippen molar-refractivity contribution < 1.29 is 0 Å². The summed E-state index contributed by atoms with van der Waals surface area (Å²) in [6, 6.07) is 4.14. The van der Waals surface area contributed by atoms with Gasteiger partial charge in [-0.1, -0.05) is 6.92 Å². The van der Waals surface area contributed by atoms with Crippen molar-refractivity contribution >= 4 is 5.82 Å². The van der Waals surface area contributed by atoms with E-state index in [1.165, 1.54) is 31.5 Å². The monoisotopic (exact) mass is 233 g/mol.